The molecule has 1 N–H and O–H groups in total. The first-order valence-electron chi connectivity index (χ1n) is 5.83. The zero-order valence-corrected chi connectivity index (χ0v) is 12.9. The van der Waals surface area contributed by atoms with Crippen LogP contribution in [0.3, 0.4) is 0 Å². The Kier molecular flexibility index (Phi) is 4.52. The van der Waals surface area contributed by atoms with Crippen LogP contribution in [-0.4, -0.2) is 20.1 Å². The number of halogens is 1. The third-order valence-electron chi connectivity index (χ3n) is 2.79. The lowest BCUT2D eigenvalue weighted by atomic mass is 10.2. The summed E-state index contributed by atoms with van der Waals surface area (Å²) in [5.41, 5.74) is 1.46. The van der Waals surface area contributed by atoms with Gasteiger partial charge in [0.2, 0.25) is 0 Å². The molecule has 2 rings (SSSR count). The molecule has 0 radical (unpaired) electrons. The summed E-state index contributed by atoms with van der Waals surface area (Å²) in [5.74, 6) is 0.782. The quantitative estimate of drug-likeness (QED) is 0.929. The Morgan fingerprint density at radius 3 is 2.50 bits per heavy atom. The van der Waals surface area contributed by atoms with Gasteiger partial charge in [-0.2, -0.15) is 0 Å². The maximum Gasteiger partial charge on any atom is 0.266 e. The second-order valence-corrected chi connectivity index (χ2v) is 5.40. The van der Waals surface area contributed by atoms with Gasteiger partial charge in [0.05, 0.1) is 29.8 Å². The van der Waals surface area contributed by atoms with Gasteiger partial charge in [-0.05, 0) is 23.9 Å². The highest BCUT2D eigenvalue weighted by atomic mass is 35.5. The average Bonchev–Trinajstić information content (AvgIpc) is 2.86. The maximum atomic E-state index is 12.2. The molecule has 1 amide bonds. The third kappa shape index (κ3) is 2.89. The molecule has 0 unspecified atom stereocenters. The molecular formula is C14H14ClNO3S. The van der Waals surface area contributed by atoms with Crippen LogP contribution < -0.4 is 14.8 Å². The first-order valence-corrected chi connectivity index (χ1v) is 7.09. The largest absolute Gasteiger partial charge is 0.495 e. The number of hydrogen-bond donors (Lipinski definition) is 1. The third-order valence-corrected chi connectivity index (χ3v) is 4.10. The Hall–Kier alpha value is -1.72. The average molecular weight is 312 g/mol. The van der Waals surface area contributed by atoms with Crippen LogP contribution in [0.1, 0.15) is 15.2 Å². The molecule has 2 aromatic rings. The Bertz CT molecular complexity index is 639. The fourth-order valence-electron chi connectivity index (χ4n) is 1.74. The van der Waals surface area contributed by atoms with E-state index in [9.17, 15) is 4.79 Å². The molecule has 0 saturated heterocycles. The van der Waals surface area contributed by atoms with Crippen molar-refractivity contribution in [2.24, 2.45) is 0 Å². The number of methoxy groups -OCH3 is 2. The van der Waals surface area contributed by atoms with Crippen molar-refractivity contribution in [3.8, 4) is 11.5 Å². The number of carbonyl (C=O) groups is 1. The lowest BCUT2D eigenvalue weighted by molar-refractivity contribution is 0.102. The maximum absolute atomic E-state index is 12.2. The number of thiophene rings is 1. The van der Waals surface area contributed by atoms with Gasteiger partial charge in [-0.1, -0.05) is 11.6 Å². The van der Waals surface area contributed by atoms with Gasteiger partial charge < -0.3 is 14.8 Å². The number of benzene rings is 1. The lowest BCUT2D eigenvalue weighted by Crippen LogP contribution is -2.12. The first-order chi connectivity index (χ1) is 9.56. The number of aryl methyl sites for hydroxylation is 1. The molecule has 0 saturated carbocycles. The zero-order chi connectivity index (χ0) is 14.7. The highest BCUT2D eigenvalue weighted by Gasteiger charge is 2.15. The van der Waals surface area contributed by atoms with Gasteiger partial charge >= 0.3 is 0 Å². The van der Waals surface area contributed by atoms with E-state index in [0.29, 0.717) is 27.1 Å². The standard InChI is InChI=1S/C14H14ClNO3S/c1-8-4-5-20-13(8)14(17)16-10-7-11(18-2)9(15)6-12(10)19-3/h4-7H,1-3H3,(H,16,17). The predicted molar refractivity (Wildman–Crippen MR) is 81.6 cm³/mol. The van der Waals surface area contributed by atoms with E-state index in [4.69, 9.17) is 21.1 Å². The highest BCUT2D eigenvalue weighted by Crippen LogP contribution is 2.36. The molecular weight excluding hydrogens is 298 g/mol. The Morgan fingerprint density at radius 1 is 1.25 bits per heavy atom. The van der Waals surface area contributed by atoms with Crippen LogP contribution in [0.5, 0.6) is 11.5 Å². The van der Waals surface area contributed by atoms with Crippen molar-refractivity contribution in [3.05, 3.63) is 39.0 Å². The minimum atomic E-state index is -0.180. The SMILES string of the molecule is COc1cc(NC(=O)c2sccc2C)c(OC)cc1Cl. The topological polar surface area (TPSA) is 47.6 Å². The molecule has 0 atom stereocenters. The molecule has 6 heteroatoms. The number of anilines is 1. The van der Waals surface area contributed by atoms with Gasteiger partial charge in [-0.15, -0.1) is 11.3 Å². The Labute approximate surface area is 126 Å². The van der Waals surface area contributed by atoms with Gasteiger partial charge in [0.15, 0.2) is 0 Å². The minimum Gasteiger partial charge on any atom is -0.495 e. The molecule has 0 spiro atoms. The van der Waals surface area contributed by atoms with Crippen molar-refractivity contribution < 1.29 is 14.3 Å². The van der Waals surface area contributed by atoms with Gasteiger partial charge in [0, 0.05) is 12.1 Å². The molecule has 1 aromatic carbocycles. The number of hydrogen-bond acceptors (Lipinski definition) is 4. The fourth-order valence-corrected chi connectivity index (χ4v) is 2.79. The molecule has 0 aliphatic rings. The number of amides is 1. The van der Waals surface area contributed by atoms with Gasteiger partial charge in [0.25, 0.3) is 5.91 Å². The number of rotatable bonds is 4. The van der Waals surface area contributed by atoms with E-state index in [1.54, 1.807) is 12.1 Å². The molecule has 106 valence electrons. The van der Waals surface area contributed by atoms with Gasteiger partial charge in [-0.3, -0.25) is 4.79 Å². The fraction of sp³-hybridized carbons (Fsp3) is 0.214. The molecule has 20 heavy (non-hydrogen) atoms. The summed E-state index contributed by atoms with van der Waals surface area (Å²) in [6.07, 6.45) is 0. The van der Waals surface area contributed by atoms with Crippen molar-refractivity contribution in [2.45, 2.75) is 6.92 Å². The summed E-state index contributed by atoms with van der Waals surface area (Å²) in [6, 6.07) is 5.15. The summed E-state index contributed by atoms with van der Waals surface area (Å²) >= 11 is 7.42. The monoisotopic (exact) mass is 311 g/mol. The second-order valence-electron chi connectivity index (χ2n) is 4.07. The lowest BCUT2D eigenvalue weighted by Gasteiger charge is -2.13. The number of ether oxygens (including phenoxy) is 2. The molecule has 4 nitrogen and oxygen atoms in total. The molecule has 1 aromatic heterocycles. The highest BCUT2D eigenvalue weighted by molar-refractivity contribution is 7.12. The zero-order valence-electron chi connectivity index (χ0n) is 11.3. The molecule has 0 aliphatic carbocycles. The van der Waals surface area contributed by atoms with Crippen molar-refractivity contribution in [3.63, 3.8) is 0 Å². The van der Waals surface area contributed by atoms with Crippen LogP contribution in [0.4, 0.5) is 5.69 Å². The molecule has 0 fully saturated rings. The van der Waals surface area contributed by atoms with E-state index in [-0.39, 0.29) is 5.91 Å². The van der Waals surface area contributed by atoms with Crippen molar-refractivity contribution in [1.29, 1.82) is 0 Å². The Morgan fingerprint density at radius 2 is 1.95 bits per heavy atom. The van der Waals surface area contributed by atoms with Crippen LogP contribution in [0.15, 0.2) is 23.6 Å². The normalized spacial score (nSPS) is 10.2. The second kappa shape index (κ2) is 6.15. The van der Waals surface area contributed by atoms with E-state index >= 15 is 0 Å². The summed E-state index contributed by atoms with van der Waals surface area (Å²) in [4.78, 5) is 12.9. The first kappa shape index (κ1) is 14.7. The van der Waals surface area contributed by atoms with Crippen LogP contribution in [0.25, 0.3) is 0 Å². The van der Waals surface area contributed by atoms with E-state index in [1.807, 2.05) is 18.4 Å². The minimum absolute atomic E-state index is 0.180. The van der Waals surface area contributed by atoms with Crippen LogP contribution in [-0.2, 0) is 0 Å². The van der Waals surface area contributed by atoms with Crippen molar-refractivity contribution >= 4 is 34.5 Å². The van der Waals surface area contributed by atoms with Crippen LogP contribution in [0.2, 0.25) is 5.02 Å². The molecule has 1 heterocycles. The smallest absolute Gasteiger partial charge is 0.266 e. The Balaban J connectivity index is 2.33. The number of nitrogens with one attached hydrogen (secondary N) is 1. The number of carbonyl (C=O) groups excluding carboxylic acids is 1. The summed E-state index contributed by atoms with van der Waals surface area (Å²) in [5, 5.41) is 5.12. The summed E-state index contributed by atoms with van der Waals surface area (Å²) in [7, 11) is 3.03. The van der Waals surface area contributed by atoms with Crippen LogP contribution in [0, 0.1) is 6.92 Å². The van der Waals surface area contributed by atoms with E-state index in [1.165, 1.54) is 25.6 Å². The molecule has 0 bridgehead atoms. The predicted octanol–water partition coefficient (Wildman–Crippen LogP) is 3.98. The van der Waals surface area contributed by atoms with Gasteiger partial charge in [0.1, 0.15) is 11.5 Å². The van der Waals surface area contributed by atoms with Crippen LogP contribution >= 0.6 is 22.9 Å². The van der Waals surface area contributed by atoms with E-state index in [2.05, 4.69) is 5.32 Å². The van der Waals surface area contributed by atoms with Gasteiger partial charge in [-0.25, -0.2) is 0 Å². The molecule has 0 aliphatic heterocycles. The van der Waals surface area contributed by atoms with Crippen molar-refractivity contribution in [2.75, 3.05) is 19.5 Å². The summed E-state index contributed by atoms with van der Waals surface area (Å²) < 4.78 is 10.4. The van der Waals surface area contributed by atoms with E-state index in [0.717, 1.165) is 5.56 Å². The summed E-state index contributed by atoms with van der Waals surface area (Å²) in [6.45, 7) is 1.89. The van der Waals surface area contributed by atoms with E-state index < -0.39 is 0 Å². The van der Waals surface area contributed by atoms with Crippen molar-refractivity contribution in [1.82, 2.24) is 0 Å².